The SMILES string of the molecule is CCCCCCCCCCCCCCCC(OCC)OS(=O)(=O)c1ccc(C)cc1. The first kappa shape index (κ1) is 27.1. The molecule has 0 spiro atoms. The average molecular weight is 441 g/mol. The van der Waals surface area contributed by atoms with Crippen molar-refractivity contribution in [3.63, 3.8) is 0 Å². The van der Waals surface area contributed by atoms with Gasteiger partial charge in [0.1, 0.15) is 0 Å². The topological polar surface area (TPSA) is 52.6 Å². The fourth-order valence-corrected chi connectivity index (χ4v) is 4.59. The molecule has 1 aromatic rings. The average Bonchev–Trinajstić information content (AvgIpc) is 2.71. The van der Waals surface area contributed by atoms with Gasteiger partial charge in [0.05, 0.1) is 4.90 Å². The van der Waals surface area contributed by atoms with Crippen LogP contribution in [-0.4, -0.2) is 21.3 Å². The van der Waals surface area contributed by atoms with Gasteiger partial charge in [-0.25, -0.2) is 4.18 Å². The molecule has 30 heavy (non-hydrogen) atoms. The fourth-order valence-electron chi connectivity index (χ4n) is 3.58. The van der Waals surface area contributed by atoms with E-state index in [0.29, 0.717) is 13.0 Å². The fraction of sp³-hybridized carbons (Fsp3) is 0.760. The summed E-state index contributed by atoms with van der Waals surface area (Å²) in [7, 11) is -3.79. The predicted molar refractivity (Wildman–Crippen MR) is 125 cm³/mol. The number of rotatable bonds is 19. The minimum Gasteiger partial charge on any atom is -0.352 e. The summed E-state index contributed by atoms with van der Waals surface area (Å²) in [4.78, 5) is 0.183. The monoisotopic (exact) mass is 440 g/mol. The molecule has 0 bridgehead atoms. The third kappa shape index (κ3) is 12.7. The highest BCUT2D eigenvalue weighted by Gasteiger charge is 2.21. The van der Waals surface area contributed by atoms with Crippen molar-refractivity contribution in [2.45, 2.75) is 122 Å². The summed E-state index contributed by atoms with van der Waals surface area (Å²) in [5.74, 6) is 0. The molecule has 1 atom stereocenters. The third-order valence-electron chi connectivity index (χ3n) is 5.44. The van der Waals surface area contributed by atoms with E-state index in [4.69, 9.17) is 8.92 Å². The Morgan fingerprint density at radius 1 is 0.733 bits per heavy atom. The van der Waals surface area contributed by atoms with Crippen LogP contribution in [0.15, 0.2) is 29.2 Å². The Morgan fingerprint density at radius 2 is 1.20 bits per heavy atom. The van der Waals surface area contributed by atoms with Gasteiger partial charge >= 0.3 is 0 Å². The van der Waals surface area contributed by atoms with Crippen LogP contribution in [0.1, 0.15) is 109 Å². The van der Waals surface area contributed by atoms with Crippen molar-refractivity contribution in [1.29, 1.82) is 0 Å². The van der Waals surface area contributed by atoms with Crippen LogP contribution in [0.25, 0.3) is 0 Å². The molecule has 0 heterocycles. The zero-order valence-electron chi connectivity index (χ0n) is 19.5. The highest BCUT2D eigenvalue weighted by atomic mass is 32.2. The van der Waals surface area contributed by atoms with Crippen molar-refractivity contribution in [2.75, 3.05) is 6.61 Å². The molecule has 0 saturated heterocycles. The molecule has 0 aliphatic carbocycles. The Balaban J connectivity index is 2.15. The molecular formula is C25H44O4S. The molecule has 0 radical (unpaired) electrons. The minimum absolute atomic E-state index is 0.183. The van der Waals surface area contributed by atoms with Gasteiger partial charge < -0.3 is 4.74 Å². The van der Waals surface area contributed by atoms with Gasteiger partial charge in [0.25, 0.3) is 10.1 Å². The molecule has 5 heteroatoms. The first-order valence-corrected chi connectivity index (χ1v) is 13.5. The lowest BCUT2D eigenvalue weighted by Gasteiger charge is -2.17. The Labute approximate surface area is 185 Å². The zero-order valence-corrected chi connectivity index (χ0v) is 20.4. The van der Waals surface area contributed by atoms with Crippen LogP contribution in [0.5, 0.6) is 0 Å². The van der Waals surface area contributed by atoms with Crippen LogP contribution < -0.4 is 0 Å². The molecule has 0 aliphatic heterocycles. The minimum atomic E-state index is -3.79. The van der Waals surface area contributed by atoms with Crippen molar-refractivity contribution >= 4 is 10.1 Å². The van der Waals surface area contributed by atoms with E-state index in [0.717, 1.165) is 18.4 Å². The number of unbranched alkanes of at least 4 members (excludes halogenated alkanes) is 12. The maximum Gasteiger partial charge on any atom is 0.299 e. The number of benzene rings is 1. The number of hydrogen-bond donors (Lipinski definition) is 0. The maximum absolute atomic E-state index is 12.5. The molecule has 0 aliphatic rings. The van der Waals surface area contributed by atoms with Gasteiger partial charge in [-0.1, -0.05) is 102 Å². The van der Waals surface area contributed by atoms with E-state index in [1.807, 2.05) is 13.8 Å². The molecule has 1 rings (SSSR count). The van der Waals surface area contributed by atoms with E-state index in [-0.39, 0.29) is 4.90 Å². The summed E-state index contributed by atoms with van der Waals surface area (Å²) in [5, 5.41) is 0. The van der Waals surface area contributed by atoms with E-state index in [1.165, 1.54) is 70.6 Å². The maximum atomic E-state index is 12.5. The smallest absolute Gasteiger partial charge is 0.299 e. The molecule has 0 aromatic heterocycles. The largest absolute Gasteiger partial charge is 0.352 e. The van der Waals surface area contributed by atoms with E-state index >= 15 is 0 Å². The molecular weight excluding hydrogens is 396 g/mol. The second kappa shape index (κ2) is 16.7. The van der Waals surface area contributed by atoms with Gasteiger partial charge in [-0.3, -0.25) is 0 Å². The summed E-state index contributed by atoms with van der Waals surface area (Å²) >= 11 is 0. The third-order valence-corrected chi connectivity index (χ3v) is 6.76. The van der Waals surface area contributed by atoms with E-state index in [2.05, 4.69) is 6.92 Å². The summed E-state index contributed by atoms with van der Waals surface area (Å²) in [6.07, 6.45) is 16.7. The van der Waals surface area contributed by atoms with Crippen molar-refractivity contribution < 1.29 is 17.3 Å². The highest BCUT2D eigenvalue weighted by Crippen LogP contribution is 2.19. The molecule has 1 unspecified atom stereocenters. The van der Waals surface area contributed by atoms with Crippen LogP contribution in [0.2, 0.25) is 0 Å². The summed E-state index contributed by atoms with van der Waals surface area (Å²) < 4.78 is 35.8. The van der Waals surface area contributed by atoms with E-state index in [1.54, 1.807) is 24.3 Å². The van der Waals surface area contributed by atoms with Gasteiger partial charge in [0, 0.05) is 6.61 Å². The summed E-state index contributed by atoms with van der Waals surface area (Å²) in [5.41, 5.74) is 1.02. The molecule has 0 saturated carbocycles. The van der Waals surface area contributed by atoms with Gasteiger partial charge in [-0.2, -0.15) is 8.42 Å². The van der Waals surface area contributed by atoms with Gasteiger partial charge in [-0.05, 0) is 38.8 Å². The number of aryl methyl sites for hydroxylation is 1. The lowest BCUT2D eigenvalue weighted by Crippen LogP contribution is -2.22. The van der Waals surface area contributed by atoms with Gasteiger partial charge in [-0.15, -0.1) is 0 Å². The number of ether oxygens (including phenoxy) is 1. The van der Waals surface area contributed by atoms with E-state index < -0.39 is 16.4 Å². The van der Waals surface area contributed by atoms with Crippen LogP contribution in [0.4, 0.5) is 0 Å². The molecule has 174 valence electrons. The summed E-state index contributed by atoms with van der Waals surface area (Å²) in [6, 6.07) is 6.72. The first-order valence-electron chi connectivity index (χ1n) is 12.1. The predicted octanol–water partition coefficient (Wildman–Crippen LogP) is 7.54. The van der Waals surface area contributed by atoms with Crippen LogP contribution >= 0.6 is 0 Å². The van der Waals surface area contributed by atoms with Gasteiger partial charge in [0.2, 0.25) is 0 Å². The lowest BCUT2D eigenvalue weighted by molar-refractivity contribution is -0.0769. The van der Waals surface area contributed by atoms with Crippen molar-refractivity contribution in [1.82, 2.24) is 0 Å². The van der Waals surface area contributed by atoms with Crippen LogP contribution in [0, 0.1) is 6.92 Å². The van der Waals surface area contributed by atoms with Crippen LogP contribution in [-0.2, 0) is 19.0 Å². The summed E-state index contributed by atoms with van der Waals surface area (Å²) in [6.45, 7) is 6.48. The molecule has 0 amide bonds. The molecule has 1 aromatic carbocycles. The van der Waals surface area contributed by atoms with Crippen molar-refractivity contribution in [3.8, 4) is 0 Å². The number of hydrogen-bond acceptors (Lipinski definition) is 4. The lowest BCUT2D eigenvalue weighted by atomic mass is 10.0. The molecule has 0 fully saturated rings. The molecule has 0 N–H and O–H groups in total. The normalized spacial score (nSPS) is 12.9. The van der Waals surface area contributed by atoms with E-state index in [9.17, 15) is 8.42 Å². The van der Waals surface area contributed by atoms with Crippen molar-refractivity contribution in [2.24, 2.45) is 0 Å². The highest BCUT2D eigenvalue weighted by molar-refractivity contribution is 7.86. The van der Waals surface area contributed by atoms with Crippen LogP contribution in [0.3, 0.4) is 0 Å². The Hall–Kier alpha value is -0.910. The molecule has 4 nitrogen and oxygen atoms in total. The van der Waals surface area contributed by atoms with Crippen molar-refractivity contribution in [3.05, 3.63) is 29.8 Å². The van der Waals surface area contributed by atoms with Gasteiger partial charge in [0.15, 0.2) is 6.29 Å². The Kier molecular flexibility index (Phi) is 15.1. The standard InChI is InChI=1S/C25H44O4S/c1-4-6-7-8-9-10-11-12-13-14-15-16-17-18-25(28-5-2)29-30(26,27)24-21-19-23(3)20-22-24/h19-22,25H,4-18H2,1-3H3. The Morgan fingerprint density at radius 3 is 1.67 bits per heavy atom. The second-order valence-corrected chi connectivity index (χ2v) is 9.85. The quantitative estimate of drug-likeness (QED) is 0.127. The second-order valence-electron chi connectivity index (χ2n) is 8.28. The zero-order chi connectivity index (χ0) is 22.1. The first-order chi connectivity index (χ1) is 14.5. The Bertz CT molecular complexity index is 625.